The number of aliphatic carboxylic acids is 1. The van der Waals surface area contributed by atoms with Crippen LogP contribution in [0.5, 0.6) is 0 Å². The van der Waals surface area contributed by atoms with Gasteiger partial charge in [0.2, 0.25) is 17.7 Å². The molecule has 0 aliphatic carbocycles. The number of hydrogen-bond donors (Lipinski definition) is 2. The number of carboxylic acids is 1. The summed E-state index contributed by atoms with van der Waals surface area (Å²) in [5, 5.41) is 11.5. The van der Waals surface area contributed by atoms with Crippen molar-refractivity contribution in [2.45, 2.75) is 50.9 Å². The van der Waals surface area contributed by atoms with E-state index < -0.39 is 29.8 Å². The Balaban J connectivity index is 1.44. The minimum atomic E-state index is -0.923. The lowest BCUT2D eigenvalue weighted by atomic mass is 9.81. The molecule has 3 fully saturated rings. The maximum atomic E-state index is 12.8. The first-order chi connectivity index (χ1) is 13.4. The summed E-state index contributed by atoms with van der Waals surface area (Å²) < 4.78 is 5.71. The van der Waals surface area contributed by atoms with E-state index in [1.54, 1.807) is 31.2 Å². The van der Waals surface area contributed by atoms with Gasteiger partial charge in [-0.15, -0.1) is 0 Å². The number of carbonyl (C=O) groups excluding carboxylic acids is 3. The van der Waals surface area contributed by atoms with Crippen LogP contribution in [0.1, 0.15) is 31.7 Å². The number of likely N-dealkylation sites (tertiary alicyclic amines) is 1. The molecule has 0 saturated carbocycles. The van der Waals surface area contributed by atoms with Gasteiger partial charge >= 0.3 is 5.97 Å². The van der Waals surface area contributed by atoms with Gasteiger partial charge in [-0.3, -0.25) is 24.1 Å². The molecule has 4 rings (SSSR count). The maximum absolute atomic E-state index is 12.8. The molecule has 5 unspecified atom stereocenters. The zero-order valence-corrected chi connectivity index (χ0v) is 15.5. The van der Waals surface area contributed by atoms with Crippen LogP contribution in [-0.4, -0.2) is 51.9 Å². The Morgan fingerprint density at radius 1 is 1.21 bits per heavy atom. The predicted octanol–water partition coefficient (Wildman–Crippen LogP) is 1.19. The molecule has 0 spiro atoms. The summed E-state index contributed by atoms with van der Waals surface area (Å²) in [4.78, 5) is 50.0. The van der Waals surface area contributed by atoms with Crippen molar-refractivity contribution in [3.63, 3.8) is 0 Å². The van der Waals surface area contributed by atoms with E-state index in [1.807, 2.05) is 0 Å². The van der Waals surface area contributed by atoms with Crippen LogP contribution in [0.2, 0.25) is 0 Å². The number of benzene rings is 1. The smallest absolute Gasteiger partial charge is 0.303 e. The average molecular weight is 386 g/mol. The van der Waals surface area contributed by atoms with Crippen molar-refractivity contribution in [3.8, 4) is 0 Å². The number of carbonyl (C=O) groups is 4. The van der Waals surface area contributed by atoms with Crippen molar-refractivity contribution in [1.82, 2.24) is 4.90 Å². The van der Waals surface area contributed by atoms with Gasteiger partial charge in [-0.05, 0) is 43.9 Å². The molecule has 1 aromatic rings. The van der Waals surface area contributed by atoms with Gasteiger partial charge in [0.05, 0.1) is 24.0 Å². The minimum absolute atomic E-state index is 0.00222. The number of ether oxygens (including phenoxy) is 1. The molecular formula is C20H22N2O6. The van der Waals surface area contributed by atoms with E-state index in [9.17, 15) is 19.2 Å². The first kappa shape index (κ1) is 18.6. The highest BCUT2D eigenvalue weighted by molar-refractivity contribution is 6.10. The number of amides is 3. The van der Waals surface area contributed by atoms with Crippen molar-refractivity contribution in [3.05, 3.63) is 29.8 Å². The highest BCUT2D eigenvalue weighted by atomic mass is 16.5. The van der Waals surface area contributed by atoms with Crippen LogP contribution in [0.4, 0.5) is 5.69 Å². The molecule has 0 aromatic heterocycles. The summed E-state index contributed by atoms with van der Waals surface area (Å²) in [6, 6.07) is 5.97. The monoisotopic (exact) mass is 386 g/mol. The summed E-state index contributed by atoms with van der Waals surface area (Å²) >= 11 is 0. The standard InChI is InChI=1S/C20H22N2O6/c1-10(18(25)21-12-4-2-3-11(9-12)5-8-15(23)24)22-19(26)16-13-6-7-14(28-13)17(16)20(22)27/h2-4,9-10,13-14,16-17H,5-8H2,1H3,(H,21,25)(H,23,24). The molecule has 5 atom stereocenters. The number of nitrogens with one attached hydrogen (secondary N) is 1. The molecule has 3 heterocycles. The Morgan fingerprint density at radius 2 is 1.86 bits per heavy atom. The van der Waals surface area contributed by atoms with Crippen LogP contribution in [0.15, 0.2) is 24.3 Å². The molecule has 2 bridgehead atoms. The first-order valence-corrected chi connectivity index (χ1v) is 9.51. The molecule has 0 radical (unpaired) electrons. The van der Waals surface area contributed by atoms with Gasteiger partial charge in [0.1, 0.15) is 6.04 Å². The molecule has 2 N–H and O–H groups in total. The second-order valence-electron chi connectivity index (χ2n) is 7.65. The van der Waals surface area contributed by atoms with Crippen LogP contribution < -0.4 is 5.32 Å². The van der Waals surface area contributed by atoms with Crippen molar-refractivity contribution in [2.75, 3.05) is 5.32 Å². The number of nitrogens with zero attached hydrogens (tertiary/aromatic N) is 1. The summed E-state index contributed by atoms with van der Waals surface area (Å²) in [5.74, 6) is -2.90. The number of aryl methyl sites for hydroxylation is 1. The molecule has 3 saturated heterocycles. The molecular weight excluding hydrogens is 364 g/mol. The number of rotatable bonds is 6. The lowest BCUT2D eigenvalue weighted by Crippen LogP contribution is -2.47. The van der Waals surface area contributed by atoms with Gasteiger partial charge in [-0.25, -0.2) is 0 Å². The number of hydrogen-bond acceptors (Lipinski definition) is 5. The lowest BCUT2D eigenvalue weighted by Gasteiger charge is -2.24. The van der Waals surface area contributed by atoms with Gasteiger partial charge in [-0.2, -0.15) is 0 Å². The zero-order chi connectivity index (χ0) is 20.0. The van der Waals surface area contributed by atoms with E-state index in [1.165, 1.54) is 0 Å². The van der Waals surface area contributed by atoms with Gasteiger partial charge in [0.25, 0.3) is 0 Å². The summed E-state index contributed by atoms with van der Waals surface area (Å²) in [5.41, 5.74) is 1.28. The fourth-order valence-corrected chi connectivity index (χ4v) is 4.54. The van der Waals surface area contributed by atoms with E-state index in [0.29, 0.717) is 12.1 Å². The minimum Gasteiger partial charge on any atom is -0.481 e. The Kier molecular flexibility index (Phi) is 4.66. The highest BCUT2D eigenvalue weighted by Gasteiger charge is 2.63. The third-order valence-electron chi connectivity index (χ3n) is 5.91. The normalized spacial score (nSPS) is 29.1. The molecule has 3 aliphatic heterocycles. The highest BCUT2D eigenvalue weighted by Crippen LogP contribution is 2.48. The van der Waals surface area contributed by atoms with Crippen molar-refractivity contribution < 1.29 is 29.0 Å². The quantitative estimate of drug-likeness (QED) is 0.710. The van der Waals surface area contributed by atoms with Gasteiger partial charge in [-0.1, -0.05) is 12.1 Å². The van der Waals surface area contributed by atoms with Crippen LogP contribution >= 0.6 is 0 Å². The summed E-state index contributed by atoms with van der Waals surface area (Å²) in [6.07, 6.45) is 1.49. The van der Waals surface area contributed by atoms with Crippen LogP contribution in [0, 0.1) is 11.8 Å². The van der Waals surface area contributed by atoms with E-state index in [4.69, 9.17) is 9.84 Å². The van der Waals surface area contributed by atoms with Crippen LogP contribution in [0.25, 0.3) is 0 Å². The average Bonchev–Trinajstić information content (AvgIpc) is 3.34. The van der Waals surface area contributed by atoms with Gasteiger partial charge < -0.3 is 15.2 Å². The second-order valence-corrected chi connectivity index (χ2v) is 7.65. The SMILES string of the molecule is CC(C(=O)Nc1cccc(CCC(=O)O)c1)N1C(=O)C2C3CCC(O3)C2C1=O. The van der Waals surface area contributed by atoms with Crippen molar-refractivity contribution in [1.29, 1.82) is 0 Å². The Bertz CT molecular complexity index is 825. The van der Waals surface area contributed by atoms with Crippen LogP contribution in [-0.2, 0) is 30.3 Å². The van der Waals surface area contributed by atoms with E-state index in [0.717, 1.165) is 23.3 Å². The third kappa shape index (κ3) is 3.07. The molecule has 3 aliphatic rings. The van der Waals surface area contributed by atoms with E-state index in [2.05, 4.69) is 5.32 Å². The van der Waals surface area contributed by atoms with Gasteiger partial charge in [0.15, 0.2) is 0 Å². The fraction of sp³-hybridized carbons (Fsp3) is 0.500. The van der Waals surface area contributed by atoms with Crippen molar-refractivity contribution >= 4 is 29.4 Å². The van der Waals surface area contributed by atoms with Gasteiger partial charge in [0, 0.05) is 12.1 Å². The Morgan fingerprint density at radius 3 is 2.46 bits per heavy atom. The fourth-order valence-electron chi connectivity index (χ4n) is 4.54. The van der Waals surface area contributed by atoms with E-state index >= 15 is 0 Å². The Hall–Kier alpha value is -2.74. The number of fused-ring (bicyclic) bond motifs is 5. The largest absolute Gasteiger partial charge is 0.481 e. The van der Waals surface area contributed by atoms with Crippen molar-refractivity contribution in [2.24, 2.45) is 11.8 Å². The Labute approximate surface area is 161 Å². The molecule has 8 heteroatoms. The molecule has 148 valence electrons. The first-order valence-electron chi connectivity index (χ1n) is 9.51. The number of anilines is 1. The molecule has 28 heavy (non-hydrogen) atoms. The van der Waals surface area contributed by atoms with E-state index in [-0.39, 0.29) is 30.4 Å². The number of imide groups is 1. The lowest BCUT2D eigenvalue weighted by molar-refractivity contribution is -0.148. The molecule has 8 nitrogen and oxygen atoms in total. The topological polar surface area (TPSA) is 113 Å². The molecule has 3 amide bonds. The maximum Gasteiger partial charge on any atom is 0.303 e. The third-order valence-corrected chi connectivity index (χ3v) is 5.91. The van der Waals surface area contributed by atoms with Crippen LogP contribution in [0.3, 0.4) is 0 Å². The zero-order valence-electron chi connectivity index (χ0n) is 15.5. The number of carboxylic acid groups (broad SMARTS) is 1. The second kappa shape index (κ2) is 7.01. The summed E-state index contributed by atoms with van der Waals surface area (Å²) in [7, 11) is 0. The summed E-state index contributed by atoms with van der Waals surface area (Å²) in [6.45, 7) is 1.54. The molecule has 1 aromatic carbocycles. The predicted molar refractivity (Wildman–Crippen MR) is 97.2 cm³/mol.